The summed E-state index contributed by atoms with van der Waals surface area (Å²) in [5.41, 5.74) is 0.702. The zero-order valence-corrected chi connectivity index (χ0v) is 8.84. The first-order valence-electron chi connectivity index (χ1n) is 4.96. The fourth-order valence-electron chi connectivity index (χ4n) is 2.26. The topological polar surface area (TPSA) is 20.3 Å². The molecule has 2 fully saturated rings. The smallest absolute Gasteiger partial charge is 0.240 e. The SMILES string of the molecule is O=C1C2CC(CS2)N1c1cccc(F)c1. The monoisotopic (exact) mass is 223 g/mol. The van der Waals surface area contributed by atoms with E-state index in [0.717, 1.165) is 12.2 Å². The van der Waals surface area contributed by atoms with Gasteiger partial charge in [0.25, 0.3) is 0 Å². The van der Waals surface area contributed by atoms with Crippen molar-refractivity contribution in [2.24, 2.45) is 0 Å². The van der Waals surface area contributed by atoms with E-state index in [1.165, 1.54) is 12.1 Å². The second-order valence-electron chi connectivity index (χ2n) is 3.90. The minimum absolute atomic E-state index is 0.110. The predicted octanol–water partition coefficient (Wildman–Crippen LogP) is 2.05. The number of fused-ring (bicyclic) bond motifs is 2. The summed E-state index contributed by atoms with van der Waals surface area (Å²) >= 11 is 1.72. The van der Waals surface area contributed by atoms with Gasteiger partial charge in [-0.3, -0.25) is 4.79 Å². The van der Waals surface area contributed by atoms with Gasteiger partial charge in [0, 0.05) is 17.5 Å². The van der Waals surface area contributed by atoms with Crippen LogP contribution in [0.1, 0.15) is 6.42 Å². The van der Waals surface area contributed by atoms with E-state index >= 15 is 0 Å². The molecule has 15 heavy (non-hydrogen) atoms. The van der Waals surface area contributed by atoms with Crippen LogP contribution in [0.4, 0.5) is 10.1 Å². The quantitative estimate of drug-likeness (QED) is 0.726. The van der Waals surface area contributed by atoms with Gasteiger partial charge in [-0.2, -0.15) is 0 Å². The summed E-state index contributed by atoms with van der Waals surface area (Å²) < 4.78 is 13.0. The third kappa shape index (κ3) is 1.35. The first-order chi connectivity index (χ1) is 7.25. The van der Waals surface area contributed by atoms with Gasteiger partial charge in [-0.05, 0) is 24.6 Å². The van der Waals surface area contributed by atoms with E-state index in [2.05, 4.69) is 0 Å². The first kappa shape index (κ1) is 9.21. The summed E-state index contributed by atoms with van der Waals surface area (Å²) in [4.78, 5) is 13.6. The summed E-state index contributed by atoms with van der Waals surface area (Å²) in [5, 5.41) is 0.110. The highest BCUT2D eigenvalue weighted by Crippen LogP contribution is 2.40. The van der Waals surface area contributed by atoms with E-state index in [9.17, 15) is 9.18 Å². The molecule has 0 spiro atoms. The first-order valence-corrected chi connectivity index (χ1v) is 6.01. The van der Waals surface area contributed by atoms with Crippen molar-refractivity contribution in [3.8, 4) is 0 Å². The molecule has 2 nitrogen and oxygen atoms in total. The molecule has 2 aliphatic rings. The van der Waals surface area contributed by atoms with Crippen molar-refractivity contribution in [3.63, 3.8) is 0 Å². The maximum absolute atomic E-state index is 13.0. The standard InChI is InChI=1S/C11H10FNOS/c12-7-2-1-3-8(4-7)13-9-5-10(11(13)14)15-6-9/h1-4,9-10H,5-6H2. The van der Waals surface area contributed by atoms with Gasteiger partial charge in [0.2, 0.25) is 5.91 Å². The summed E-state index contributed by atoms with van der Waals surface area (Å²) in [7, 11) is 0. The molecule has 0 saturated carbocycles. The van der Waals surface area contributed by atoms with Crippen molar-refractivity contribution in [1.82, 2.24) is 0 Å². The maximum Gasteiger partial charge on any atom is 0.240 e. The largest absolute Gasteiger partial charge is 0.307 e. The van der Waals surface area contributed by atoms with Crippen LogP contribution in [0.15, 0.2) is 24.3 Å². The molecule has 3 rings (SSSR count). The predicted molar refractivity (Wildman–Crippen MR) is 58.5 cm³/mol. The highest BCUT2D eigenvalue weighted by atomic mass is 32.2. The van der Waals surface area contributed by atoms with Crippen LogP contribution in [0.3, 0.4) is 0 Å². The number of carbonyl (C=O) groups excluding carboxylic acids is 1. The average molecular weight is 223 g/mol. The Labute approximate surface area is 91.5 Å². The molecule has 4 heteroatoms. The zero-order valence-electron chi connectivity index (χ0n) is 8.02. The van der Waals surface area contributed by atoms with E-state index in [1.807, 2.05) is 0 Å². The lowest BCUT2D eigenvalue weighted by molar-refractivity contribution is -0.116. The Hall–Kier alpha value is -1.03. The summed E-state index contributed by atoms with van der Waals surface area (Å²) in [6.07, 6.45) is 0.917. The van der Waals surface area contributed by atoms with Crippen LogP contribution in [-0.2, 0) is 4.79 Å². The average Bonchev–Trinajstić information content (AvgIpc) is 2.77. The summed E-state index contributed by atoms with van der Waals surface area (Å²) in [6, 6.07) is 6.55. The molecule has 0 radical (unpaired) electrons. The number of carbonyl (C=O) groups is 1. The lowest BCUT2D eigenvalue weighted by Gasteiger charge is -2.26. The molecular formula is C11H10FNOS. The molecule has 1 aromatic carbocycles. The fraction of sp³-hybridized carbons (Fsp3) is 0.364. The third-order valence-electron chi connectivity index (χ3n) is 2.94. The molecule has 2 atom stereocenters. The van der Waals surface area contributed by atoms with Crippen LogP contribution < -0.4 is 4.90 Å². The highest BCUT2D eigenvalue weighted by molar-refractivity contribution is 8.01. The molecule has 2 bridgehead atoms. The lowest BCUT2D eigenvalue weighted by Crippen LogP contribution is -2.38. The molecule has 2 unspecified atom stereocenters. The number of halogens is 1. The Morgan fingerprint density at radius 2 is 2.33 bits per heavy atom. The Balaban J connectivity index is 1.98. The number of thioether (sulfide) groups is 1. The molecular weight excluding hydrogens is 213 g/mol. The van der Waals surface area contributed by atoms with E-state index < -0.39 is 0 Å². The zero-order chi connectivity index (χ0) is 10.4. The number of nitrogens with zero attached hydrogens (tertiary/aromatic N) is 1. The Morgan fingerprint density at radius 3 is 3.00 bits per heavy atom. The Kier molecular flexibility index (Phi) is 1.99. The van der Waals surface area contributed by atoms with Crippen LogP contribution in [0.2, 0.25) is 0 Å². The van der Waals surface area contributed by atoms with Crippen molar-refractivity contribution < 1.29 is 9.18 Å². The summed E-state index contributed by atoms with van der Waals surface area (Å²) in [6.45, 7) is 0. The lowest BCUT2D eigenvalue weighted by atomic mass is 10.2. The van der Waals surface area contributed by atoms with Crippen LogP contribution in [0, 0.1) is 5.82 Å². The van der Waals surface area contributed by atoms with Crippen molar-refractivity contribution in [2.75, 3.05) is 10.7 Å². The number of anilines is 1. The minimum Gasteiger partial charge on any atom is -0.307 e. The molecule has 2 aliphatic heterocycles. The number of hydrogen-bond donors (Lipinski definition) is 0. The van der Waals surface area contributed by atoms with Crippen molar-refractivity contribution in [2.45, 2.75) is 17.7 Å². The molecule has 78 valence electrons. The molecule has 0 aromatic heterocycles. The van der Waals surface area contributed by atoms with Gasteiger partial charge in [0.1, 0.15) is 5.82 Å². The minimum atomic E-state index is -0.282. The van der Waals surface area contributed by atoms with Crippen LogP contribution in [-0.4, -0.2) is 23.0 Å². The molecule has 0 aliphatic carbocycles. The van der Waals surface area contributed by atoms with E-state index in [4.69, 9.17) is 0 Å². The van der Waals surface area contributed by atoms with Gasteiger partial charge < -0.3 is 4.90 Å². The Morgan fingerprint density at radius 1 is 1.47 bits per heavy atom. The molecule has 1 amide bonds. The molecule has 2 saturated heterocycles. The van der Waals surface area contributed by atoms with E-state index in [0.29, 0.717) is 5.69 Å². The van der Waals surface area contributed by atoms with Crippen LogP contribution in [0.5, 0.6) is 0 Å². The Bertz CT molecular complexity index is 423. The van der Waals surface area contributed by atoms with Crippen molar-refractivity contribution >= 4 is 23.4 Å². The van der Waals surface area contributed by atoms with E-state index in [-0.39, 0.29) is 23.0 Å². The molecule has 0 N–H and O–H groups in total. The molecule has 2 heterocycles. The fourth-order valence-corrected chi connectivity index (χ4v) is 3.62. The van der Waals surface area contributed by atoms with Gasteiger partial charge in [-0.15, -0.1) is 11.8 Å². The van der Waals surface area contributed by atoms with Gasteiger partial charge in [0.15, 0.2) is 0 Å². The van der Waals surface area contributed by atoms with Crippen molar-refractivity contribution in [3.05, 3.63) is 30.1 Å². The summed E-state index contributed by atoms with van der Waals surface area (Å²) in [5.74, 6) is 0.838. The van der Waals surface area contributed by atoms with Gasteiger partial charge >= 0.3 is 0 Å². The van der Waals surface area contributed by atoms with Crippen molar-refractivity contribution in [1.29, 1.82) is 0 Å². The second-order valence-corrected chi connectivity index (χ2v) is 5.14. The van der Waals surface area contributed by atoms with Crippen LogP contribution in [0.25, 0.3) is 0 Å². The maximum atomic E-state index is 13.0. The van der Waals surface area contributed by atoms with Crippen LogP contribution >= 0.6 is 11.8 Å². The molecule has 1 aromatic rings. The number of benzene rings is 1. The highest BCUT2D eigenvalue weighted by Gasteiger charge is 2.45. The normalized spacial score (nSPS) is 28.9. The van der Waals surface area contributed by atoms with Gasteiger partial charge in [0.05, 0.1) is 5.25 Å². The van der Waals surface area contributed by atoms with Gasteiger partial charge in [-0.25, -0.2) is 4.39 Å². The van der Waals surface area contributed by atoms with Gasteiger partial charge in [-0.1, -0.05) is 6.07 Å². The van der Waals surface area contributed by atoms with E-state index in [1.54, 1.807) is 28.8 Å². The number of hydrogen-bond acceptors (Lipinski definition) is 2. The number of rotatable bonds is 1. The third-order valence-corrected chi connectivity index (χ3v) is 4.31. The number of amides is 1. The second kappa shape index (κ2) is 3.23.